The molecular formula is C26H33Cl2N3O6S. The molecule has 3 rings (SSSR count). The predicted octanol–water partition coefficient (Wildman–Crippen LogP) is 4.60. The Bertz CT molecular complexity index is 1270. The molecule has 0 saturated heterocycles. The van der Waals surface area contributed by atoms with Crippen molar-refractivity contribution in [3.63, 3.8) is 0 Å². The van der Waals surface area contributed by atoms with Crippen molar-refractivity contribution in [2.45, 2.75) is 59.2 Å². The second-order valence-electron chi connectivity index (χ2n) is 8.96. The molecule has 12 heteroatoms. The molecule has 2 amide bonds. The Labute approximate surface area is 234 Å². The number of rotatable bonds is 12. The maximum Gasteiger partial charge on any atom is 0.244 e. The topological polar surface area (TPSA) is 105 Å². The van der Waals surface area contributed by atoms with Crippen LogP contribution in [0.1, 0.15) is 46.1 Å². The third-order valence-corrected chi connectivity index (χ3v) is 8.83. The molecule has 9 nitrogen and oxygen atoms in total. The molecule has 0 unspecified atom stereocenters. The molecule has 208 valence electrons. The SMILES string of the molecule is CC[C@H](C)NC(=O)[C@H](CC)N(Cc1ccc(Cl)c(Cl)c1)C(=O)CN(c1ccc2c(c1)OCO2)S(=O)(=O)CC. The fraction of sp³-hybridized carbons (Fsp3) is 0.462. The van der Waals surface area contributed by atoms with Crippen molar-refractivity contribution >= 4 is 50.7 Å². The first-order valence-corrected chi connectivity index (χ1v) is 14.8. The van der Waals surface area contributed by atoms with E-state index >= 15 is 0 Å². The summed E-state index contributed by atoms with van der Waals surface area (Å²) in [7, 11) is -3.87. The predicted molar refractivity (Wildman–Crippen MR) is 148 cm³/mol. The molecule has 0 aromatic heterocycles. The van der Waals surface area contributed by atoms with Gasteiger partial charge < -0.3 is 19.7 Å². The maximum atomic E-state index is 13.9. The Hall–Kier alpha value is -2.69. The molecule has 2 aromatic rings. The van der Waals surface area contributed by atoms with Gasteiger partial charge in [-0.2, -0.15) is 0 Å². The van der Waals surface area contributed by atoms with Crippen molar-refractivity contribution in [1.82, 2.24) is 10.2 Å². The summed E-state index contributed by atoms with van der Waals surface area (Å²) in [4.78, 5) is 28.5. The van der Waals surface area contributed by atoms with Gasteiger partial charge in [0.15, 0.2) is 11.5 Å². The van der Waals surface area contributed by atoms with Crippen molar-refractivity contribution in [1.29, 1.82) is 0 Å². The van der Waals surface area contributed by atoms with E-state index in [4.69, 9.17) is 32.7 Å². The average molecular weight is 587 g/mol. The zero-order valence-corrected chi connectivity index (χ0v) is 24.2. The van der Waals surface area contributed by atoms with E-state index < -0.39 is 28.5 Å². The van der Waals surface area contributed by atoms with Gasteiger partial charge in [-0.3, -0.25) is 13.9 Å². The van der Waals surface area contributed by atoms with Crippen LogP contribution < -0.4 is 19.1 Å². The zero-order valence-electron chi connectivity index (χ0n) is 21.9. The molecule has 0 radical (unpaired) electrons. The van der Waals surface area contributed by atoms with Crippen LogP contribution in [0.3, 0.4) is 0 Å². The second kappa shape index (κ2) is 12.9. The molecule has 0 spiro atoms. The number of nitrogens with one attached hydrogen (secondary N) is 1. The molecule has 1 aliphatic heterocycles. The van der Waals surface area contributed by atoms with E-state index in [1.54, 1.807) is 37.3 Å². The quantitative estimate of drug-likeness (QED) is 0.390. The number of anilines is 1. The van der Waals surface area contributed by atoms with Gasteiger partial charge in [0.2, 0.25) is 28.6 Å². The first-order chi connectivity index (χ1) is 18.0. The largest absolute Gasteiger partial charge is 0.454 e. The Kier molecular flexibility index (Phi) is 10.1. The number of amides is 2. The highest BCUT2D eigenvalue weighted by Gasteiger charge is 2.33. The van der Waals surface area contributed by atoms with E-state index in [1.165, 1.54) is 17.9 Å². The van der Waals surface area contributed by atoms with Crippen LogP contribution in [-0.2, 0) is 26.2 Å². The Morgan fingerprint density at radius 2 is 1.71 bits per heavy atom. The number of hydrogen-bond acceptors (Lipinski definition) is 6. The third kappa shape index (κ3) is 7.03. The van der Waals surface area contributed by atoms with E-state index in [2.05, 4.69) is 5.32 Å². The molecule has 2 aromatic carbocycles. The van der Waals surface area contributed by atoms with Gasteiger partial charge in [-0.05, 0) is 56.5 Å². The highest BCUT2D eigenvalue weighted by Crippen LogP contribution is 2.36. The van der Waals surface area contributed by atoms with Crippen molar-refractivity contribution in [2.24, 2.45) is 0 Å². The minimum Gasteiger partial charge on any atom is -0.454 e. The zero-order chi connectivity index (χ0) is 28.0. The fourth-order valence-electron chi connectivity index (χ4n) is 3.96. The normalized spacial score (nSPS) is 14.1. The van der Waals surface area contributed by atoms with Crippen LogP contribution in [0, 0.1) is 0 Å². The number of fused-ring (bicyclic) bond motifs is 1. The van der Waals surface area contributed by atoms with Crippen molar-refractivity contribution in [2.75, 3.05) is 23.4 Å². The Morgan fingerprint density at radius 3 is 2.34 bits per heavy atom. The molecule has 0 aliphatic carbocycles. The maximum absolute atomic E-state index is 13.9. The van der Waals surface area contributed by atoms with Crippen molar-refractivity contribution in [3.8, 4) is 11.5 Å². The summed E-state index contributed by atoms with van der Waals surface area (Å²) < 4.78 is 38.0. The van der Waals surface area contributed by atoms with Crippen LogP contribution in [0.15, 0.2) is 36.4 Å². The lowest BCUT2D eigenvalue weighted by atomic mass is 10.1. The van der Waals surface area contributed by atoms with Gasteiger partial charge in [0.1, 0.15) is 12.6 Å². The third-order valence-electron chi connectivity index (χ3n) is 6.35. The Balaban J connectivity index is 1.99. The van der Waals surface area contributed by atoms with Gasteiger partial charge in [0.25, 0.3) is 0 Å². The number of nitrogens with zero attached hydrogens (tertiary/aromatic N) is 2. The molecule has 1 aliphatic rings. The van der Waals surface area contributed by atoms with Crippen LogP contribution in [-0.4, -0.2) is 56.3 Å². The highest BCUT2D eigenvalue weighted by atomic mass is 35.5. The van der Waals surface area contributed by atoms with Crippen LogP contribution in [0.25, 0.3) is 0 Å². The highest BCUT2D eigenvalue weighted by molar-refractivity contribution is 7.92. The molecular weight excluding hydrogens is 553 g/mol. The summed E-state index contributed by atoms with van der Waals surface area (Å²) in [6.07, 6.45) is 1.04. The number of sulfonamides is 1. The number of carbonyl (C=O) groups is 2. The first kappa shape index (κ1) is 29.9. The number of ether oxygens (including phenoxy) is 2. The lowest BCUT2D eigenvalue weighted by molar-refractivity contribution is -0.140. The van der Waals surface area contributed by atoms with E-state index in [1.807, 2.05) is 13.8 Å². The number of halogens is 2. The summed E-state index contributed by atoms with van der Waals surface area (Å²) in [5.41, 5.74) is 0.909. The van der Waals surface area contributed by atoms with Gasteiger partial charge >= 0.3 is 0 Å². The summed E-state index contributed by atoms with van der Waals surface area (Å²) in [6, 6.07) is 8.71. The minimum absolute atomic E-state index is 0.0269. The van der Waals surface area contributed by atoms with Crippen LogP contribution in [0.5, 0.6) is 11.5 Å². The minimum atomic E-state index is -3.87. The van der Waals surface area contributed by atoms with Crippen molar-refractivity contribution < 1.29 is 27.5 Å². The lowest BCUT2D eigenvalue weighted by Gasteiger charge is -2.33. The van der Waals surface area contributed by atoms with E-state index in [-0.39, 0.29) is 36.7 Å². The standard InChI is InChI=1S/C26H33Cl2N3O6S/c1-5-17(4)29-26(33)22(6-2)30(14-18-8-10-20(27)21(28)12-18)25(32)15-31(38(34,35)7-3)19-9-11-23-24(13-19)37-16-36-23/h8-13,17,22H,5-7,14-16H2,1-4H3,(H,29,33)/t17-,22-/m0/s1. The molecule has 1 N–H and O–H groups in total. The number of carbonyl (C=O) groups excluding carboxylic acids is 2. The molecule has 1 heterocycles. The average Bonchev–Trinajstić information content (AvgIpc) is 3.36. The van der Waals surface area contributed by atoms with Crippen LogP contribution in [0.2, 0.25) is 10.0 Å². The molecule has 0 fully saturated rings. The summed E-state index contributed by atoms with van der Waals surface area (Å²) >= 11 is 12.3. The Morgan fingerprint density at radius 1 is 1.00 bits per heavy atom. The van der Waals surface area contributed by atoms with Crippen LogP contribution >= 0.6 is 23.2 Å². The first-order valence-electron chi connectivity index (χ1n) is 12.4. The van der Waals surface area contributed by atoms with Gasteiger partial charge in [0, 0.05) is 18.7 Å². The lowest BCUT2D eigenvalue weighted by Crippen LogP contribution is -2.53. The van der Waals surface area contributed by atoms with Crippen molar-refractivity contribution in [3.05, 3.63) is 52.0 Å². The summed E-state index contributed by atoms with van der Waals surface area (Å²) in [5.74, 6) is -0.214. The van der Waals surface area contributed by atoms with E-state index in [9.17, 15) is 18.0 Å². The molecule has 38 heavy (non-hydrogen) atoms. The fourth-order valence-corrected chi connectivity index (χ4v) is 5.33. The smallest absolute Gasteiger partial charge is 0.244 e. The van der Waals surface area contributed by atoms with Gasteiger partial charge in [-0.25, -0.2) is 8.42 Å². The molecule has 0 bridgehead atoms. The second-order valence-corrected chi connectivity index (χ2v) is 12.0. The van der Waals surface area contributed by atoms with E-state index in [0.29, 0.717) is 33.5 Å². The summed E-state index contributed by atoms with van der Waals surface area (Å²) in [5, 5.41) is 3.60. The van der Waals surface area contributed by atoms with E-state index in [0.717, 1.165) is 10.7 Å². The van der Waals surface area contributed by atoms with Gasteiger partial charge in [-0.1, -0.05) is 43.1 Å². The molecule has 2 atom stereocenters. The number of hydrogen-bond donors (Lipinski definition) is 1. The van der Waals surface area contributed by atoms with Crippen LogP contribution in [0.4, 0.5) is 5.69 Å². The molecule has 0 saturated carbocycles. The van der Waals surface area contributed by atoms with Gasteiger partial charge in [-0.15, -0.1) is 0 Å². The summed E-state index contributed by atoms with van der Waals surface area (Å²) in [6.45, 7) is 6.68. The monoisotopic (exact) mass is 585 g/mol. The van der Waals surface area contributed by atoms with Gasteiger partial charge in [0.05, 0.1) is 21.5 Å². The number of benzene rings is 2.